The number of nitrogens with one attached hydrogen (secondary N) is 1. The summed E-state index contributed by atoms with van der Waals surface area (Å²) in [6.07, 6.45) is 2.03. The summed E-state index contributed by atoms with van der Waals surface area (Å²) in [5.74, 6) is -0.280. The largest absolute Gasteiger partial charge is 0.573 e. The maximum absolute atomic E-state index is 12.5. The molecule has 2 saturated heterocycles. The average molecular weight is 458 g/mol. The first-order valence-electron chi connectivity index (χ1n) is 10.6. The van der Waals surface area contributed by atoms with Crippen molar-refractivity contribution in [2.45, 2.75) is 63.0 Å². The van der Waals surface area contributed by atoms with Gasteiger partial charge in [-0.3, -0.25) is 0 Å². The lowest BCUT2D eigenvalue weighted by Gasteiger charge is -2.37. The van der Waals surface area contributed by atoms with E-state index in [1.807, 2.05) is 9.80 Å². The van der Waals surface area contributed by atoms with Crippen LogP contribution in [0.15, 0.2) is 24.3 Å². The summed E-state index contributed by atoms with van der Waals surface area (Å²) in [7, 11) is 0. The molecule has 1 N–H and O–H groups in total. The minimum atomic E-state index is -4.72. The quantitative estimate of drug-likeness (QED) is 0.652. The second-order valence-electron chi connectivity index (χ2n) is 8.46. The summed E-state index contributed by atoms with van der Waals surface area (Å²) < 4.78 is 46.5. The van der Waals surface area contributed by atoms with Crippen LogP contribution in [0.1, 0.15) is 44.9 Å². The van der Waals surface area contributed by atoms with Gasteiger partial charge in [0.25, 0.3) is 0 Å². The van der Waals surface area contributed by atoms with Crippen LogP contribution in [-0.2, 0) is 4.74 Å². The van der Waals surface area contributed by atoms with Crippen molar-refractivity contribution >= 4 is 29.1 Å². The molecule has 3 aliphatic rings. The fourth-order valence-electron chi connectivity index (χ4n) is 4.71. The molecule has 1 aromatic rings. The van der Waals surface area contributed by atoms with Gasteiger partial charge in [-0.05, 0) is 75.0 Å². The van der Waals surface area contributed by atoms with Crippen molar-refractivity contribution in [1.82, 2.24) is 9.80 Å². The van der Waals surface area contributed by atoms with Gasteiger partial charge in [0.2, 0.25) is 0 Å². The highest BCUT2D eigenvalue weighted by Gasteiger charge is 2.48. The van der Waals surface area contributed by atoms with Crippen molar-refractivity contribution in [3.63, 3.8) is 0 Å². The van der Waals surface area contributed by atoms with E-state index in [1.165, 1.54) is 30.7 Å². The summed E-state index contributed by atoms with van der Waals surface area (Å²) in [6, 6.07) is 5.61. The van der Waals surface area contributed by atoms with Crippen molar-refractivity contribution in [2.75, 3.05) is 25.0 Å². The molecule has 3 fully saturated rings. The first kappa shape index (κ1) is 22.0. The van der Waals surface area contributed by atoms with Crippen LogP contribution < -0.4 is 10.1 Å². The Morgan fingerprint density at radius 1 is 1.13 bits per heavy atom. The SMILES string of the molecule is O=C1OC2(CCCCC2)CN1C1CCN(C(=S)Nc2ccc(OC(F)(F)F)cc2)CC1. The highest BCUT2D eigenvalue weighted by molar-refractivity contribution is 7.80. The number of thiocarbonyl (C=S) groups is 1. The van der Waals surface area contributed by atoms with E-state index in [1.54, 1.807) is 0 Å². The molecule has 0 bridgehead atoms. The molecule has 6 nitrogen and oxygen atoms in total. The molecule has 1 amide bonds. The minimum absolute atomic E-state index is 0.145. The fraction of sp³-hybridized carbons (Fsp3) is 0.619. The van der Waals surface area contributed by atoms with Gasteiger partial charge in [-0.2, -0.15) is 0 Å². The van der Waals surface area contributed by atoms with E-state index in [0.717, 1.165) is 38.5 Å². The maximum Gasteiger partial charge on any atom is 0.573 e. The number of alkyl halides is 3. The maximum atomic E-state index is 12.5. The van der Waals surface area contributed by atoms with Crippen molar-refractivity contribution in [3.8, 4) is 5.75 Å². The van der Waals surface area contributed by atoms with Gasteiger partial charge in [0, 0.05) is 24.8 Å². The Balaban J connectivity index is 1.27. The fourth-order valence-corrected chi connectivity index (χ4v) is 5.01. The highest BCUT2D eigenvalue weighted by atomic mass is 32.1. The summed E-state index contributed by atoms with van der Waals surface area (Å²) in [5.41, 5.74) is 0.301. The van der Waals surface area contributed by atoms with Crippen LogP contribution in [-0.4, -0.2) is 58.6 Å². The van der Waals surface area contributed by atoms with Gasteiger partial charge in [-0.1, -0.05) is 6.42 Å². The molecule has 10 heteroatoms. The lowest BCUT2D eigenvalue weighted by Crippen LogP contribution is -2.49. The minimum Gasteiger partial charge on any atom is -0.441 e. The summed E-state index contributed by atoms with van der Waals surface area (Å²) in [4.78, 5) is 16.4. The third kappa shape index (κ3) is 5.34. The van der Waals surface area contributed by atoms with Gasteiger partial charge in [0.1, 0.15) is 11.4 Å². The van der Waals surface area contributed by atoms with Crippen molar-refractivity contribution in [2.24, 2.45) is 0 Å². The number of nitrogens with zero attached hydrogens (tertiary/aromatic N) is 2. The number of hydrogen-bond acceptors (Lipinski definition) is 4. The molecule has 1 saturated carbocycles. The monoisotopic (exact) mass is 457 g/mol. The molecule has 4 rings (SSSR count). The number of halogens is 3. The van der Waals surface area contributed by atoms with Gasteiger partial charge < -0.3 is 24.6 Å². The molecule has 0 aromatic heterocycles. The van der Waals surface area contributed by atoms with Crippen LogP contribution in [0, 0.1) is 0 Å². The number of ether oxygens (including phenoxy) is 2. The molecule has 1 spiro atoms. The average Bonchev–Trinajstić information content (AvgIpc) is 3.04. The van der Waals surface area contributed by atoms with Crippen molar-refractivity contribution in [3.05, 3.63) is 24.3 Å². The van der Waals surface area contributed by atoms with Gasteiger partial charge in [0.05, 0.1) is 6.54 Å². The lowest BCUT2D eigenvalue weighted by atomic mass is 9.84. The number of amides is 1. The van der Waals surface area contributed by atoms with Crippen LogP contribution in [0.2, 0.25) is 0 Å². The Morgan fingerprint density at radius 2 is 1.77 bits per heavy atom. The number of benzene rings is 1. The Kier molecular flexibility index (Phi) is 6.18. The second kappa shape index (κ2) is 8.72. The second-order valence-corrected chi connectivity index (χ2v) is 8.85. The molecule has 1 aromatic carbocycles. The molecule has 2 heterocycles. The zero-order valence-electron chi connectivity index (χ0n) is 17.1. The Bertz CT molecular complexity index is 804. The molecule has 1 aliphatic carbocycles. The zero-order valence-corrected chi connectivity index (χ0v) is 17.9. The molecule has 0 unspecified atom stereocenters. The Labute approximate surface area is 184 Å². The number of carbonyl (C=O) groups excluding carboxylic acids is 1. The number of hydrogen-bond donors (Lipinski definition) is 1. The van der Waals surface area contributed by atoms with Crippen LogP contribution in [0.4, 0.5) is 23.7 Å². The lowest BCUT2D eigenvalue weighted by molar-refractivity contribution is -0.274. The van der Waals surface area contributed by atoms with E-state index < -0.39 is 6.36 Å². The highest BCUT2D eigenvalue weighted by Crippen LogP contribution is 2.38. The number of carbonyl (C=O) groups is 1. The summed E-state index contributed by atoms with van der Waals surface area (Å²) >= 11 is 5.47. The predicted molar refractivity (Wildman–Crippen MR) is 113 cm³/mol. The van der Waals surface area contributed by atoms with Gasteiger partial charge in [-0.15, -0.1) is 13.2 Å². The molecule has 170 valence electrons. The van der Waals surface area contributed by atoms with E-state index in [9.17, 15) is 18.0 Å². The van der Waals surface area contributed by atoms with E-state index in [4.69, 9.17) is 17.0 Å². The van der Waals surface area contributed by atoms with E-state index >= 15 is 0 Å². The third-order valence-corrected chi connectivity index (χ3v) is 6.65. The number of rotatable bonds is 3. The molecule has 0 radical (unpaired) electrons. The molecule has 0 atom stereocenters. The van der Waals surface area contributed by atoms with E-state index in [2.05, 4.69) is 10.1 Å². The Morgan fingerprint density at radius 3 is 2.39 bits per heavy atom. The topological polar surface area (TPSA) is 54.0 Å². The summed E-state index contributed by atoms with van der Waals surface area (Å²) in [5, 5.41) is 3.57. The van der Waals surface area contributed by atoms with E-state index in [-0.39, 0.29) is 23.5 Å². The zero-order chi connectivity index (χ0) is 22.1. The van der Waals surface area contributed by atoms with Crippen LogP contribution in [0.5, 0.6) is 5.75 Å². The van der Waals surface area contributed by atoms with Gasteiger partial charge in [0.15, 0.2) is 5.11 Å². The first-order valence-corrected chi connectivity index (χ1v) is 11.1. The molecular weight excluding hydrogens is 431 g/mol. The third-order valence-electron chi connectivity index (χ3n) is 6.29. The number of likely N-dealkylation sites (tertiary alicyclic amines) is 1. The van der Waals surface area contributed by atoms with Gasteiger partial charge >= 0.3 is 12.5 Å². The molecular formula is C21H26F3N3O3S. The number of piperidine rings is 1. The number of anilines is 1. The van der Waals surface area contributed by atoms with Crippen LogP contribution in [0.3, 0.4) is 0 Å². The van der Waals surface area contributed by atoms with Crippen molar-refractivity contribution < 1.29 is 27.4 Å². The normalized spacial score (nSPS) is 21.8. The molecule has 2 aliphatic heterocycles. The smallest absolute Gasteiger partial charge is 0.441 e. The summed E-state index contributed by atoms with van der Waals surface area (Å²) in [6.45, 7) is 2.08. The predicted octanol–water partition coefficient (Wildman–Crippen LogP) is 4.90. The standard InChI is InChI=1S/C21H26F3N3O3S/c22-21(23,24)29-17-6-4-15(5-7-17)25-18(31)26-12-8-16(9-13-26)27-14-20(30-19(27)28)10-2-1-3-11-20/h4-7,16H,1-3,8-14H2,(H,25,31). The molecule has 31 heavy (non-hydrogen) atoms. The van der Waals surface area contributed by atoms with Crippen LogP contribution in [0.25, 0.3) is 0 Å². The van der Waals surface area contributed by atoms with E-state index in [0.29, 0.717) is 30.4 Å². The van der Waals surface area contributed by atoms with Crippen LogP contribution >= 0.6 is 12.2 Å². The van der Waals surface area contributed by atoms with Crippen molar-refractivity contribution in [1.29, 1.82) is 0 Å². The Hall–Kier alpha value is -2.23. The first-order chi connectivity index (χ1) is 14.7. The van der Waals surface area contributed by atoms with Gasteiger partial charge in [-0.25, -0.2) is 4.79 Å².